The first-order chi connectivity index (χ1) is 12.9. The molecule has 2 N–H and O–H groups in total. The molecule has 1 heterocycles. The normalized spacial score (nSPS) is 17.7. The first kappa shape index (κ1) is 25.2. The maximum Gasteiger partial charge on any atom is 0.191 e. The summed E-state index contributed by atoms with van der Waals surface area (Å²) in [6, 6.07) is 9.49. The lowest BCUT2D eigenvalue weighted by atomic mass is 9.84. The van der Waals surface area contributed by atoms with Crippen molar-refractivity contribution in [2.24, 2.45) is 4.99 Å². The Kier molecular flexibility index (Phi) is 10.8. The van der Waals surface area contributed by atoms with E-state index in [1.807, 2.05) is 7.05 Å². The highest BCUT2D eigenvalue weighted by Gasteiger charge is 2.22. The van der Waals surface area contributed by atoms with E-state index in [4.69, 9.17) is 0 Å². The van der Waals surface area contributed by atoms with Crippen LogP contribution in [-0.4, -0.2) is 75.2 Å². The van der Waals surface area contributed by atoms with Gasteiger partial charge in [-0.15, -0.1) is 24.0 Å². The first-order valence-corrected chi connectivity index (χ1v) is 10.3. The smallest absolute Gasteiger partial charge is 0.191 e. The van der Waals surface area contributed by atoms with E-state index in [0.717, 1.165) is 51.6 Å². The second kappa shape index (κ2) is 12.0. The molecule has 28 heavy (non-hydrogen) atoms. The maximum atomic E-state index is 4.41. The Morgan fingerprint density at radius 1 is 1.11 bits per heavy atom. The molecule has 5 nitrogen and oxygen atoms in total. The summed E-state index contributed by atoms with van der Waals surface area (Å²) >= 11 is 0. The Labute approximate surface area is 189 Å². The molecule has 2 rings (SSSR count). The van der Waals surface area contributed by atoms with Crippen molar-refractivity contribution < 1.29 is 0 Å². The molecule has 0 saturated carbocycles. The van der Waals surface area contributed by atoms with E-state index in [-0.39, 0.29) is 29.4 Å². The zero-order valence-corrected chi connectivity index (χ0v) is 20.9. The summed E-state index contributed by atoms with van der Waals surface area (Å²) in [6.45, 7) is 15.4. The molecular weight excluding hydrogens is 461 g/mol. The highest BCUT2D eigenvalue weighted by atomic mass is 127. The predicted octanol–water partition coefficient (Wildman–Crippen LogP) is 2.95. The fourth-order valence-electron chi connectivity index (χ4n) is 3.46. The van der Waals surface area contributed by atoms with E-state index in [1.165, 1.54) is 11.1 Å². The molecule has 0 radical (unpaired) electrons. The van der Waals surface area contributed by atoms with Gasteiger partial charge >= 0.3 is 0 Å². The Bertz CT molecular complexity index is 591. The molecular formula is C22H40IN5. The van der Waals surface area contributed by atoms with E-state index < -0.39 is 0 Å². The Hall–Kier alpha value is -0.860. The van der Waals surface area contributed by atoms with Crippen molar-refractivity contribution in [1.82, 2.24) is 20.4 Å². The van der Waals surface area contributed by atoms with E-state index in [2.05, 4.69) is 84.4 Å². The lowest BCUT2D eigenvalue weighted by Gasteiger charge is -2.36. The van der Waals surface area contributed by atoms with Gasteiger partial charge in [-0.25, -0.2) is 0 Å². The molecule has 1 fully saturated rings. The largest absolute Gasteiger partial charge is 0.356 e. The summed E-state index contributed by atoms with van der Waals surface area (Å²) in [4.78, 5) is 9.36. The molecule has 1 aromatic carbocycles. The van der Waals surface area contributed by atoms with Crippen molar-refractivity contribution in [3.8, 4) is 0 Å². The Morgan fingerprint density at radius 2 is 1.71 bits per heavy atom. The number of aliphatic imine (C=N–C) groups is 1. The van der Waals surface area contributed by atoms with Crippen molar-refractivity contribution in [2.45, 2.75) is 45.6 Å². The van der Waals surface area contributed by atoms with Crippen LogP contribution in [0.4, 0.5) is 0 Å². The Balaban J connectivity index is 0.00000392. The molecule has 160 valence electrons. The quantitative estimate of drug-likeness (QED) is 0.343. The fourth-order valence-corrected chi connectivity index (χ4v) is 3.46. The van der Waals surface area contributed by atoms with Crippen LogP contribution in [-0.2, 0) is 11.8 Å². The number of rotatable bonds is 7. The predicted molar refractivity (Wildman–Crippen MR) is 132 cm³/mol. The van der Waals surface area contributed by atoms with Crippen molar-refractivity contribution in [2.75, 3.05) is 53.4 Å². The van der Waals surface area contributed by atoms with Crippen molar-refractivity contribution in [3.63, 3.8) is 0 Å². The standard InChI is InChI=1S/C22H39N5.HI/c1-7-19-8-10-20(11-9-19)22(3,4)17-25-21(23-5)24-16-18(2)27-14-12-26(6)13-15-27;/h8-11,18H,7,12-17H2,1-6H3,(H2,23,24,25);1H. The highest BCUT2D eigenvalue weighted by Crippen LogP contribution is 2.22. The minimum Gasteiger partial charge on any atom is -0.356 e. The van der Waals surface area contributed by atoms with Crippen molar-refractivity contribution >= 4 is 29.9 Å². The number of nitrogens with zero attached hydrogens (tertiary/aromatic N) is 3. The van der Waals surface area contributed by atoms with Gasteiger partial charge in [0.05, 0.1) is 0 Å². The minimum absolute atomic E-state index is 0. The lowest BCUT2D eigenvalue weighted by Crippen LogP contribution is -2.52. The number of hydrogen-bond donors (Lipinski definition) is 2. The van der Waals surface area contributed by atoms with E-state index in [1.54, 1.807) is 0 Å². The second-order valence-electron chi connectivity index (χ2n) is 8.43. The third kappa shape index (κ3) is 7.52. The average molecular weight is 502 g/mol. The highest BCUT2D eigenvalue weighted by molar-refractivity contribution is 14.0. The number of piperazine rings is 1. The number of aryl methyl sites for hydroxylation is 1. The van der Waals surface area contributed by atoms with Gasteiger partial charge in [0.25, 0.3) is 0 Å². The molecule has 0 aromatic heterocycles. The van der Waals surface area contributed by atoms with Crippen LogP contribution >= 0.6 is 24.0 Å². The molecule has 0 aliphatic carbocycles. The molecule has 1 aliphatic heterocycles. The third-order valence-corrected chi connectivity index (χ3v) is 5.79. The second-order valence-corrected chi connectivity index (χ2v) is 8.43. The van der Waals surface area contributed by atoms with Gasteiger partial charge in [0, 0.05) is 57.8 Å². The molecule has 0 spiro atoms. The number of guanidine groups is 1. The van der Waals surface area contributed by atoms with E-state index in [0.29, 0.717) is 6.04 Å². The molecule has 1 aromatic rings. The molecule has 1 saturated heterocycles. The topological polar surface area (TPSA) is 42.9 Å². The number of hydrogen-bond acceptors (Lipinski definition) is 3. The van der Waals surface area contributed by atoms with Gasteiger partial charge in [-0.2, -0.15) is 0 Å². The number of halogens is 1. The van der Waals surface area contributed by atoms with E-state index in [9.17, 15) is 0 Å². The average Bonchev–Trinajstić information content (AvgIpc) is 2.68. The van der Waals surface area contributed by atoms with Gasteiger partial charge in [0.15, 0.2) is 5.96 Å². The zero-order valence-electron chi connectivity index (χ0n) is 18.6. The number of benzene rings is 1. The van der Waals surface area contributed by atoms with Crippen LogP contribution in [0.3, 0.4) is 0 Å². The monoisotopic (exact) mass is 501 g/mol. The summed E-state index contributed by atoms with van der Waals surface area (Å²) in [5.74, 6) is 0.884. The third-order valence-electron chi connectivity index (χ3n) is 5.79. The van der Waals surface area contributed by atoms with E-state index >= 15 is 0 Å². The van der Waals surface area contributed by atoms with Gasteiger partial charge in [0.1, 0.15) is 0 Å². The first-order valence-electron chi connectivity index (χ1n) is 10.3. The number of nitrogens with one attached hydrogen (secondary N) is 2. The molecule has 0 amide bonds. The number of likely N-dealkylation sites (N-methyl/N-ethyl adjacent to an activating group) is 1. The van der Waals surface area contributed by atoms with Crippen LogP contribution in [0, 0.1) is 0 Å². The maximum absolute atomic E-state index is 4.41. The Morgan fingerprint density at radius 3 is 2.25 bits per heavy atom. The minimum atomic E-state index is 0. The van der Waals surface area contributed by atoms with Gasteiger partial charge < -0.3 is 15.5 Å². The zero-order chi connectivity index (χ0) is 19.9. The van der Waals surface area contributed by atoms with Gasteiger partial charge in [0.2, 0.25) is 0 Å². The summed E-state index contributed by atoms with van der Waals surface area (Å²) in [5, 5.41) is 7.02. The van der Waals surface area contributed by atoms with Gasteiger partial charge in [-0.1, -0.05) is 45.0 Å². The molecule has 0 bridgehead atoms. The summed E-state index contributed by atoms with van der Waals surface area (Å²) in [7, 11) is 4.04. The van der Waals surface area contributed by atoms with Gasteiger partial charge in [-0.3, -0.25) is 9.89 Å². The van der Waals surface area contributed by atoms with Gasteiger partial charge in [-0.05, 0) is 31.5 Å². The van der Waals surface area contributed by atoms with Crippen LogP contribution in [0.5, 0.6) is 0 Å². The summed E-state index contributed by atoms with van der Waals surface area (Å²) in [6.07, 6.45) is 1.08. The van der Waals surface area contributed by atoms with Crippen LogP contribution in [0.1, 0.15) is 38.8 Å². The molecule has 1 aliphatic rings. The molecule has 6 heteroatoms. The van der Waals surface area contributed by atoms with Crippen LogP contribution in [0.15, 0.2) is 29.3 Å². The fraction of sp³-hybridized carbons (Fsp3) is 0.682. The van der Waals surface area contributed by atoms with Crippen molar-refractivity contribution in [1.29, 1.82) is 0 Å². The molecule has 1 unspecified atom stereocenters. The summed E-state index contributed by atoms with van der Waals surface area (Å²) < 4.78 is 0. The lowest BCUT2D eigenvalue weighted by molar-refractivity contribution is 0.120. The van der Waals surface area contributed by atoms with Crippen LogP contribution in [0.2, 0.25) is 0 Å². The van der Waals surface area contributed by atoms with Crippen LogP contribution in [0.25, 0.3) is 0 Å². The molecule has 1 atom stereocenters. The van der Waals surface area contributed by atoms with Crippen LogP contribution < -0.4 is 10.6 Å². The SMILES string of the molecule is CCc1ccc(C(C)(C)CNC(=NC)NCC(C)N2CCN(C)CC2)cc1.I. The summed E-state index contributed by atoms with van der Waals surface area (Å²) in [5.41, 5.74) is 2.79. The van der Waals surface area contributed by atoms with Crippen molar-refractivity contribution in [3.05, 3.63) is 35.4 Å².